The lowest BCUT2D eigenvalue weighted by Crippen LogP contribution is -2.12. The predicted octanol–water partition coefficient (Wildman–Crippen LogP) is 5.23. The number of nitrogens with one attached hydrogen (secondary N) is 2. The van der Waals surface area contributed by atoms with Crippen LogP contribution in [0.25, 0.3) is 10.9 Å². The van der Waals surface area contributed by atoms with Crippen LogP contribution in [0.3, 0.4) is 0 Å². The van der Waals surface area contributed by atoms with Crippen LogP contribution >= 0.6 is 0 Å². The summed E-state index contributed by atoms with van der Waals surface area (Å²) in [4.78, 5) is 16.0. The van der Waals surface area contributed by atoms with Gasteiger partial charge < -0.3 is 24.5 Å². The molecule has 0 aliphatic rings. The molecule has 0 unspecified atom stereocenters. The summed E-state index contributed by atoms with van der Waals surface area (Å²) in [7, 11) is 3.15. The monoisotopic (exact) mass is 388 g/mol. The van der Waals surface area contributed by atoms with Gasteiger partial charge in [-0.2, -0.15) is 0 Å². The summed E-state index contributed by atoms with van der Waals surface area (Å²) in [6.07, 6.45) is 0. The Morgan fingerprint density at radius 3 is 2.28 bits per heavy atom. The summed E-state index contributed by atoms with van der Waals surface area (Å²) >= 11 is 0. The SMILES string of the molecule is COc1cc2cc(C(=O)Nc3ccccc3Oc3ccccc3)[nH]c2cc1OC. The van der Waals surface area contributed by atoms with Crippen molar-refractivity contribution in [2.45, 2.75) is 0 Å². The Morgan fingerprint density at radius 2 is 1.52 bits per heavy atom. The second kappa shape index (κ2) is 7.98. The highest BCUT2D eigenvalue weighted by Gasteiger charge is 2.15. The van der Waals surface area contributed by atoms with E-state index in [-0.39, 0.29) is 5.91 Å². The molecule has 0 spiro atoms. The molecule has 0 saturated carbocycles. The highest BCUT2D eigenvalue weighted by atomic mass is 16.5. The average molecular weight is 388 g/mol. The smallest absolute Gasteiger partial charge is 0.272 e. The van der Waals surface area contributed by atoms with Crippen molar-refractivity contribution in [1.82, 2.24) is 4.98 Å². The molecule has 146 valence electrons. The molecule has 0 atom stereocenters. The Hall–Kier alpha value is -3.93. The minimum absolute atomic E-state index is 0.275. The minimum Gasteiger partial charge on any atom is -0.493 e. The van der Waals surface area contributed by atoms with E-state index in [0.29, 0.717) is 34.4 Å². The lowest BCUT2D eigenvalue weighted by Gasteiger charge is -2.11. The second-order valence-corrected chi connectivity index (χ2v) is 6.34. The Morgan fingerprint density at radius 1 is 0.828 bits per heavy atom. The zero-order valence-corrected chi connectivity index (χ0v) is 16.1. The number of H-pyrrole nitrogens is 1. The highest BCUT2D eigenvalue weighted by molar-refractivity contribution is 6.06. The molecule has 1 heterocycles. The van der Waals surface area contributed by atoms with Gasteiger partial charge in [0.15, 0.2) is 17.2 Å². The van der Waals surface area contributed by atoms with Gasteiger partial charge in [-0.3, -0.25) is 4.79 Å². The van der Waals surface area contributed by atoms with Gasteiger partial charge in [-0.05, 0) is 36.4 Å². The molecule has 4 aromatic rings. The minimum atomic E-state index is -0.275. The zero-order chi connectivity index (χ0) is 20.2. The number of fused-ring (bicyclic) bond motifs is 1. The van der Waals surface area contributed by atoms with E-state index in [1.165, 1.54) is 0 Å². The number of hydrogen-bond acceptors (Lipinski definition) is 4. The largest absolute Gasteiger partial charge is 0.493 e. The van der Waals surface area contributed by atoms with Crippen molar-refractivity contribution < 1.29 is 19.0 Å². The number of benzene rings is 3. The maximum Gasteiger partial charge on any atom is 0.272 e. The van der Waals surface area contributed by atoms with E-state index in [1.54, 1.807) is 32.4 Å². The number of anilines is 1. The Bertz CT molecular complexity index is 1110. The summed E-state index contributed by atoms with van der Waals surface area (Å²) in [5.74, 6) is 2.18. The first-order chi connectivity index (χ1) is 14.2. The van der Waals surface area contributed by atoms with Crippen molar-refractivity contribution in [3.05, 3.63) is 78.5 Å². The Balaban J connectivity index is 1.60. The predicted molar refractivity (Wildman–Crippen MR) is 112 cm³/mol. The quantitative estimate of drug-likeness (QED) is 0.474. The third-order valence-electron chi connectivity index (χ3n) is 4.48. The molecule has 0 aliphatic heterocycles. The van der Waals surface area contributed by atoms with Gasteiger partial charge in [0, 0.05) is 17.0 Å². The van der Waals surface area contributed by atoms with Crippen molar-refractivity contribution in [2.75, 3.05) is 19.5 Å². The summed E-state index contributed by atoms with van der Waals surface area (Å²) in [6, 6.07) is 22.1. The molecular weight excluding hydrogens is 368 g/mol. The van der Waals surface area contributed by atoms with Crippen LogP contribution in [0.2, 0.25) is 0 Å². The molecule has 0 radical (unpaired) electrons. The number of carbonyl (C=O) groups is 1. The van der Waals surface area contributed by atoms with Crippen molar-refractivity contribution in [3.8, 4) is 23.0 Å². The van der Waals surface area contributed by atoms with Crippen molar-refractivity contribution in [3.63, 3.8) is 0 Å². The van der Waals surface area contributed by atoms with Crippen molar-refractivity contribution in [1.29, 1.82) is 0 Å². The molecule has 29 heavy (non-hydrogen) atoms. The summed E-state index contributed by atoms with van der Waals surface area (Å²) in [5, 5.41) is 3.76. The number of aromatic amines is 1. The second-order valence-electron chi connectivity index (χ2n) is 6.34. The molecule has 1 aromatic heterocycles. The first-order valence-corrected chi connectivity index (χ1v) is 9.06. The molecule has 1 amide bonds. The van der Waals surface area contributed by atoms with Gasteiger partial charge in [0.25, 0.3) is 5.91 Å². The van der Waals surface area contributed by atoms with Gasteiger partial charge >= 0.3 is 0 Å². The molecule has 0 fully saturated rings. The van der Waals surface area contributed by atoms with E-state index >= 15 is 0 Å². The van der Waals surface area contributed by atoms with Crippen LogP contribution in [-0.2, 0) is 0 Å². The third-order valence-corrected chi connectivity index (χ3v) is 4.48. The molecule has 2 N–H and O–H groups in total. The van der Waals surface area contributed by atoms with Gasteiger partial charge in [0.05, 0.1) is 19.9 Å². The summed E-state index contributed by atoms with van der Waals surface area (Å²) in [6.45, 7) is 0. The van der Waals surface area contributed by atoms with E-state index < -0.39 is 0 Å². The van der Waals surface area contributed by atoms with Crippen LogP contribution in [-0.4, -0.2) is 25.1 Å². The lowest BCUT2D eigenvalue weighted by atomic mass is 10.2. The first kappa shape index (κ1) is 18.4. The average Bonchev–Trinajstić information content (AvgIpc) is 3.18. The number of aromatic nitrogens is 1. The fraction of sp³-hybridized carbons (Fsp3) is 0.0870. The number of rotatable bonds is 6. The number of para-hydroxylation sites is 3. The Kier molecular flexibility index (Phi) is 5.07. The fourth-order valence-electron chi connectivity index (χ4n) is 3.05. The van der Waals surface area contributed by atoms with E-state index in [2.05, 4.69) is 10.3 Å². The number of hydrogen-bond donors (Lipinski definition) is 2. The highest BCUT2D eigenvalue weighted by Crippen LogP contribution is 2.33. The van der Waals surface area contributed by atoms with Crippen molar-refractivity contribution >= 4 is 22.5 Å². The third kappa shape index (κ3) is 3.87. The van der Waals surface area contributed by atoms with Gasteiger partial charge in [0.2, 0.25) is 0 Å². The lowest BCUT2D eigenvalue weighted by molar-refractivity contribution is 0.102. The Labute approximate surface area is 168 Å². The van der Waals surface area contributed by atoms with Gasteiger partial charge in [0.1, 0.15) is 11.4 Å². The van der Waals surface area contributed by atoms with Gasteiger partial charge in [-0.15, -0.1) is 0 Å². The van der Waals surface area contributed by atoms with Crippen molar-refractivity contribution in [2.24, 2.45) is 0 Å². The van der Waals surface area contributed by atoms with Crippen LogP contribution in [0.1, 0.15) is 10.5 Å². The first-order valence-electron chi connectivity index (χ1n) is 9.06. The molecule has 0 saturated heterocycles. The summed E-state index contributed by atoms with van der Waals surface area (Å²) < 4.78 is 16.6. The number of carbonyl (C=O) groups excluding carboxylic acids is 1. The van der Waals surface area contributed by atoms with Crippen LogP contribution in [0.5, 0.6) is 23.0 Å². The van der Waals surface area contributed by atoms with Gasteiger partial charge in [-0.1, -0.05) is 30.3 Å². The topological polar surface area (TPSA) is 72.6 Å². The molecule has 4 rings (SSSR count). The normalized spacial score (nSPS) is 10.6. The van der Waals surface area contributed by atoms with E-state index in [1.807, 2.05) is 54.6 Å². The maximum atomic E-state index is 12.8. The molecule has 6 heteroatoms. The standard InChI is InChI=1S/C23H20N2O4/c1-27-21-13-15-12-19(24-18(15)14-22(21)28-2)23(26)25-17-10-6-7-11-20(17)29-16-8-4-3-5-9-16/h3-14,24H,1-2H3,(H,25,26). The van der Waals surface area contributed by atoms with Crippen LogP contribution in [0.15, 0.2) is 72.8 Å². The zero-order valence-electron chi connectivity index (χ0n) is 16.1. The van der Waals surface area contributed by atoms with Gasteiger partial charge in [-0.25, -0.2) is 0 Å². The van der Waals surface area contributed by atoms with E-state index in [4.69, 9.17) is 14.2 Å². The van der Waals surface area contributed by atoms with E-state index in [9.17, 15) is 4.79 Å². The molecular formula is C23H20N2O4. The molecule has 0 aliphatic carbocycles. The van der Waals surface area contributed by atoms with Crippen LogP contribution < -0.4 is 19.5 Å². The maximum absolute atomic E-state index is 12.8. The number of amides is 1. The van der Waals surface area contributed by atoms with Crippen LogP contribution in [0.4, 0.5) is 5.69 Å². The molecule has 6 nitrogen and oxygen atoms in total. The fourth-order valence-corrected chi connectivity index (χ4v) is 3.05. The number of methoxy groups -OCH3 is 2. The van der Waals surface area contributed by atoms with Crippen LogP contribution in [0, 0.1) is 0 Å². The molecule has 0 bridgehead atoms. The summed E-state index contributed by atoms with van der Waals surface area (Å²) in [5.41, 5.74) is 1.78. The number of ether oxygens (including phenoxy) is 3. The van der Waals surface area contributed by atoms with E-state index in [0.717, 1.165) is 10.9 Å². The molecule has 3 aromatic carbocycles.